The van der Waals surface area contributed by atoms with Crippen molar-refractivity contribution in [2.24, 2.45) is 45.8 Å². The second-order valence-electron chi connectivity index (χ2n) is 14.9. The lowest BCUT2D eigenvalue weighted by Crippen LogP contribution is -2.55. The summed E-state index contributed by atoms with van der Waals surface area (Å²) in [6.07, 6.45) is 13.1. The number of aliphatic hydroxyl groups excluding tert-OH is 1. The minimum Gasteiger partial charge on any atom is -0.394 e. The van der Waals surface area contributed by atoms with Crippen molar-refractivity contribution in [2.45, 2.75) is 103 Å². The van der Waals surface area contributed by atoms with Gasteiger partial charge >= 0.3 is 0 Å². The zero-order chi connectivity index (χ0) is 25.8. The molecule has 0 radical (unpaired) electrons. The Hall–Kier alpha value is -0.750. The van der Waals surface area contributed by atoms with Crippen molar-refractivity contribution in [1.82, 2.24) is 4.90 Å². The van der Waals surface area contributed by atoms with E-state index in [-0.39, 0.29) is 23.0 Å². The molecule has 7 aliphatic rings. The Morgan fingerprint density at radius 3 is 2.78 bits per heavy atom. The lowest BCUT2D eigenvalue weighted by Gasteiger charge is -2.50. The van der Waals surface area contributed by atoms with Gasteiger partial charge in [-0.3, -0.25) is 9.69 Å². The zero-order valence-electron chi connectivity index (χ0n) is 23.6. The van der Waals surface area contributed by atoms with E-state index in [1.807, 2.05) is 0 Å². The van der Waals surface area contributed by atoms with Gasteiger partial charge in [0.05, 0.1) is 31.5 Å². The monoisotopic (exact) mass is 511 g/mol. The van der Waals surface area contributed by atoms with Gasteiger partial charge in [0.2, 0.25) is 0 Å². The molecular formula is C32H49NO4. The van der Waals surface area contributed by atoms with Gasteiger partial charge in [0, 0.05) is 36.9 Å². The average molecular weight is 512 g/mol. The summed E-state index contributed by atoms with van der Waals surface area (Å²) < 4.78 is 13.1. The van der Waals surface area contributed by atoms with Crippen molar-refractivity contribution >= 4 is 5.78 Å². The molecule has 0 bridgehead atoms. The first-order valence-electron chi connectivity index (χ1n) is 15.5. The van der Waals surface area contributed by atoms with Crippen molar-refractivity contribution in [2.75, 3.05) is 32.9 Å². The summed E-state index contributed by atoms with van der Waals surface area (Å²) in [6, 6.07) is 0.486. The van der Waals surface area contributed by atoms with Crippen LogP contribution in [0.5, 0.6) is 0 Å². The summed E-state index contributed by atoms with van der Waals surface area (Å²) in [4.78, 5) is 15.0. The van der Waals surface area contributed by atoms with Crippen LogP contribution in [0.3, 0.4) is 0 Å². The van der Waals surface area contributed by atoms with Crippen LogP contribution in [0, 0.1) is 45.8 Å². The van der Waals surface area contributed by atoms with E-state index in [1.54, 1.807) is 0 Å². The summed E-state index contributed by atoms with van der Waals surface area (Å²) in [5.41, 5.74) is 2.47. The molecule has 0 aromatic heterocycles. The highest BCUT2D eigenvalue weighted by Crippen LogP contribution is 2.87. The number of hydrogen-bond donors (Lipinski definition) is 1. The number of nitrogens with zero attached hydrogens (tertiary/aromatic N) is 1. The van der Waals surface area contributed by atoms with Crippen molar-refractivity contribution in [3.05, 3.63) is 11.6 Å². The standard InChI is InChI=1S/C32H49NO4/c1-20-15-27-28(33(18-20)11-13-36-14-12-34)21(2)32(37-27)10-8-25-24-6-5-22-16-23(35)7-9-29(22,3)26(24)17-31(25)19-30(31,32)4/h16,20-21,24-28,34H,5-15,17-19H2,1-4H3/t20-,21+,24-,25?,26-,27+,28?,29-,30?,31?,32+/m0/s1. The molecule has 5 heteroatoms. The molecule has 7 rings (SSSR count). The Bertz CT molecular complexity index is 995. The molecule has 1 N–H and O–H groups in total. The van der Waals surface area contributed by atoms with Crippen molar-refractivity contribution in [3.63, 3.8) is 0 Å². The molecule has 4 saturated carbocycles. The summed E-state index contributed by atoms with van der Waals surface area (Å²) >= 11 is 0. The van der Waals surface area contributed by atoms with Gasteiger partial charge in [0.15, 0.2) is 5.78 Å². The summed E-state index contributed by atoms with van der Waals surface area (Å²) in [5.74, 6) is 3.99. The fourth-order valence-electron chi connectivity index (χ4n) is 12.0. The fraction of sp³-hybridized carbons (Fsp3) is 0.906. The SMILES string of the molecule is C[C@H]1C[C@H]2O[C@]3(CCC4[C@@H]5CCC6=CC(=O)CC[C@]6(C)[C@H]5CC45CC53C)[C@H](C)C2N(CCOCCO)C1. The number of ether oxygens (including phenoxy) is 2. The van der Waals surface area contributed by atoms with E-state index in [1.165, 1.54) is 44.1 Å². The molecule has 0 aromatic carbocycles. The Labute approximate surface area is 223 Å². The number of allylic oxidation sites excluding steroid dienone is 2. The first-order chi connectivity index (χ1) is 17.7. The van der Waals surface area contributed by atoms with E-state index in [0.29, 0.717) is 48.4 Å². The van der Waals surface area contributed by atoms with Crippen LogP contribution >= 0.6 is 0 Å². The lowest BCUT2D eigenvalue weighted by molar-refractivity contribution is -0.148. The van der Waals surface area contributed by atoms with Crippen molar-refractivity contribution in [1.29, 1.82) is 0 Å². The van der Waals surface area contributed by atoms with Crippen LogP contribution < -0.4 is 0 Å². The second kappa shape index (κ2) is 8.38. The number of ketones is 1. The first kappa shape index (κ1) is 25.2. The summed E-state index contributed by atoms with van der Waals surface area (Å²) in [5, 5.41) is 9.13. The highest BCUT2D eigenvalue weighted by atomic mass is 16.5. The number of carbonyl (C=O) groups excluding carboxylic acids is 1. The number of rotatable bonds is 5. The third kappa shape index (κ3) is 3.21. The molecule has 11 atom stereocenters. The molecule has 2 aliphatic heterocycles. The third-order valence-corrected chi connectivity index (χ3v) is 13.6. The van der Waals surface area contributed by atoms with Crippen molar-refractivity contribution < 1.29 is 19.4 Å². The Kier molecular flexibility index (Phi) is 5.71. The minimum absolute atomic E-state index is 0.00268. The molecule has 5 aliphatic carbocycles. The zero-order valence-corrected chi connectivity index (χ0v) is 23.6. The highest BCUT2D eigenvalue weighted by Gasteiger charge is 2.84. The number of carbonyl (C=O) groups is 1. The molecule has 206 valence electrons. The van der Waals surface area contributed by atoms with E-state index in [9.17, 15) is 4.79 Å². The van der Waals surface area contributed by atoms with Gasteiger partial charge in [-0.25, -0.2) is 0 Å². The smallest absolute Gasteiger partial charge is 0.155 e. The molecule has 4 unspecified atom stereocenters. The maximum atomic E-state index is 12.3. The van der Waals surface area contributed by atoms with Gasteiger partial charge in [-0.2, -0.15) is 0 Å². The number of likely N-dealkylation sites (tertiary alicyclic amines) is 1. The molecule has 2 heterocycles. The predicted octanol–water partition coefficient (Wildman–Crippen LogP) is 5.01. The van der Waals surface area contributed by atoms with E-state index in [2.05, 4.69) is 38.7 Å². The molecule has 0 aromatic rings. The Balaban J connectivity index is 1.17. The summed E-state index contributed by atoms with van der Waals surface area (Å²) in [6.45, 7) is 13.4. The number of hydrogen-bond acceptors (Lipinski definition) is 5. The van der Waals surface area contributed by atoms with Crippen LogP contribution in [-0.2, 0) is 14.3 Å². The number of aliphatic hydroxyl groups is 1. The van der Waals surface area contributed by atoms with Gasteiger partial charge in [0.25, 0.3) is 0 Å². The van der Waals surface area contributed by atoms with Crippen LogP contribution in [0.15, 0.2) is 11.6 Å². The summed E-state index contributed by atoms with van der Waals surface area (Å²) in [7, 11) is 0. The van der Waals surface area contributed by atoms with Gasteiger partial charge < -0.3 is 14.6 Å². The number of piperidine rings is 1. The largest absolute Gasteiger partial charge is 0.394 e. The molecule has 37 heavy (non-hydrogen) atoms. The van der Waals surface area contributed by atoms with E-state index < -0.39 is 0 Å². The minimum atomic E-state index is 0.00268. The van der Waals surface area contributed by atoms with Crippen LogP contribution in [-0.4, -0.2) is 66.4 Å². The highest BCUT2D eigenvalue weighted by molar-refractivity contribution is 5.91. The Morgan fingerprint density at radius 1 is 1.14 bits per heavy atom. The molecule has 0 amide bonds. The Morgan fingerprint density at radius 2 is 1.97 bits per heavy atom. The molecule has 2 saturated heterocycles. The topological polar surface area (TPSA) is 59.0 Å². The van der Waals surface area contributed by atoms with Crippen LogP contribution in [0.2, 0.25) is 0 Å². The van der Waals surface area contributed by atoms with Crippen molar-refractivity contribution in [3.8, 4) is 0 Å². The lowest BCUT2D eigenvalue weighted by atomic mass is 9.56. The maximum absolute atomic E-state index is 12.3. The maximum Gasteiger partial charge on any atom is 0.155 e. The van der Waals surface area contributed by atoms with E-state index >= 15 is 0 Å². The average Bonchev–Trinajstić information content (AvgIpc) is 3.20. The van der Waals surface area contributed by atoms with Crippen LogP contribution in [0.4, 0.5) is 0 Å². The van der Waals surface area contributed by atoms with Gasteiger partial charge in [-0.05, 0) is 91.9 Å². The van der Waals surface area contributed by atoms with E-state index in [0.717, 1.165) is 50.1 Å². The molecular weight excluding hydrogens is 462 g/mol. The van der Waals surface area contributed by atoms with Crippen LogP contribution in [0.1, 0.15) is 85.5 Å². The normalized spacial score (nSPS) is 54.2. The number of fused-ring (bicyclic) bond motifs is 6. The third-order valence-electron chi connectivity index (χ3n) is 13.6. The molecule has 6 fully saturated rings. The quantitative estimate of drug-likeness (QED) is 0.526. The second-order valence-corrected chi connectivity index (χ2v) is 14.9. The van der Waals surface area contributed by atoms with Crippen LogP contribution in [0.25, 0.3) is 0 Å². The van der Waals surface area contributed by atoms with E-state index in [4.69, 9.17) is 14.6 Å². The van der Waals surface area contributed by atoms with Gasteiger partial charge in [0.1, 0.15) is 0 Å². The predicted molar refractivity (Wildman–Crippen MR) is 143 cm³/mol. The first-order valence-corrected chi connectivity index (χ1v) is 15.5. The molecule has 2 spiro atoms. The molecule has 5 nitrogen and oxygen atoms in total. The van der Waals surface area contributed by atoms with Gasteiger partial charge in [-0.1, -0.05) is 33.3 Å². The van der Waals surface area contributed by atoms with Gasteiger partial charge in [-0.15, -0.1) is 0 Å². The fourth-order valence-corrected chi connectivity index (χ4v) is 12.0.